The standard InChI is InChI=1S/C18H17NO4/c1-22-17-15-10-6-4-3-5-9(10)7-12-14(15)11(8-13(20)19-12)16(21)18(17)23-2/h3-6,12,21H,7-8H2,1-2H3,(H,19,20)/t12-/m1/s1. The Hall–Kier alpha value is -2.69. The third kappa shape index (κ3) is 1.82. The highest BCUT2D eigenvalue weighted by Gasteiger charge is 2.38. The number of carbonyl (C=O) groups is 1. The van der Waals surface area contributed by atoms with E-state index in [1.165, 1.54) is 7.11 Å². The molecule has 5 heteroatoms. The number of carbonyl (C=O) groups excluding carboxylic acids is 1. The summed E-state index contributed by atoms with van der Waals surface area (Å²) < 4.78 is 11.0. The summed E-state index contributed by atoms with van der Waals surface area (Å²) in [4.78, 5) is 12.1. The smallest absolute Gasteiger partial charge is 0.225 e. The highest BCUT2D eigenvalue weighted by atomic mass is 16.5. The molecule has 1 aliphatic carbocycles. The first-order valence-electron chi connectivity index (χ1n) is 7.53. The van der Waals surface area contributed by atoms with Crippen molar-refractivity contribution in [3.63, 3.8) is 0 Å². The number of amides is 1. The number of fused-ring (bicyclic) bond motifs is 2. The van der Waals surface area contributed by atoms with Crippen molar-refractivity contribution in [3.05, 3.63) is 41.0 Å². The van der Waals surface area contributed by atoms with Crippen molar-refractivity contribution < 1.29 is 19.4 Å². The normalized spacial score (nSPS) is 17.8. The predicted octanol–water partition coefficient (Wildman–Crippen LogP) is 2.35. The summed E-state index contributed by atoms with van der Waals surface area (Å²) in [6.07, 6.45) is 0.851. The molecule has 1 amide bonds. The summed E-state index contributed by atoms with van der Waals surface area (Å²) in [6, 6.07) is 7.90. The van der Waals surface area contributed by atoms with Crippen molar-refractivity contribution in [2.75, 3.05) is 14.2 Å². The minimum Gasteiger partial charge on any atom is -0.504 e. The first-order chi connectivity index (χ1) is 11.2. The maximum atomic E-state index is 12.1. The Kier molecular flexibility index (Phi) is 2.98. The Morgan fingerprint density at radius 1 is 1.17 bits per heavy atom. The quantitative estimate of drug-likeness (QED) is 0.893. The number of ether oxygens (including phenoxy) is 2. The van der Waals surface area contributed by atoms with E-state index in [2.05, 4.69) is 11.4 Å². The van der Waals surface area contributed by atoms with E-state index >= 15 is 0 Å². The second kappa shape index (κ2) is 4.91. The average molecular weight is 311 g/mol. The van der Waals surface area contributed by atoms with Crippen LogP contribution < -0.4 is 14.8 Å². The third-order valence-corrected chi connectivity index (χ3v) is 4.67. The van der Waals surface area contributed by atoms with Gasteiger partial charge < -0.3 is 19.9 Å². The molecule has 1 heterocycles. The summed E-state index contributed by atoms with van der Waals surface area (Å²) in [5.74, 6) is 0.709. The molecule has 0 bridgehead atoms. The fourth-order valence-electron chi connectivity index (χ4n) is 3.77. The Labute approximate surface area is 133 Å². The van der Waals surface area contributed by atoms with E-state index in [1.54, 1.807) is 7.11 Å². The Morgan fingerprint density at radius 3 is 2.65 bits per heavy atom. The summed E-state index contributed by atoms with van der Waals surface area (Å²) in [5.41, 5.74) is 4.69. The summed E-state index contributed by atoms with van der Waals surface area (Å²) >= 11 is 0. The molecule has 23 heavy (non-hydrogen) atoms. The van der Waals surface area contributed by atoms with Gasteiger partial charge in [0.25, 0.3) is 0 Å². The van der Waals surface area contributed by atoms with E-state index in [9.17, 15) is 9.90 Å². The van der Waals surface area contributed by atoms with Crippen LogP contribution in [0.1, 0.15) is 22.7 Å². The van der Waals surface area contributed by atoms with E-state index in [0.29, 0.717) is 17.7 Å². The summed E-state index contributed by atoms with van der Waals surface area (Å²) in [5, 5.41) is 13.6. The average Bonchev–Trinajstić information content (AvgIpc) is 2.56. The van der Waals surface area contributed by atoms with Gasteiger partial charge in [0.1, 0.15) is 0 Å². The number of hydrogen-bond acceptors (Lipinski definition) is 4. The Morgan fingerprint density at radius 2 is 1.91 bits per heavy atom. The number of aromatic hydroxyl groups is 1. The molecule has 0 aromatic heterocycles. The topological polar surface area (TPSA) is 67.8 Å². The Balaban J connectivity index is 2.14. The molecule has 4 rings (SSSR count). The van der Waals surface area contributed by atoms with E-state index in [4.69, 9.17) is 9.47 Å². The molecule has 1 atom stereocenters. The molecule has 0 saturated carbocycles. The van der Waals surface area contributed by atoms with E-state index in [-0.39, 0.29) is 29.9 Å². The molecule has 0 spiro atoms. The number of phenols is 1. The predicted molar refractivity (Wildman–Crippen MR) is 84.9 cm³/mol. The molecular weight excluding hydrogens is 294 g/mol. The molecule has 1 aliphatic heterocycles. The van der Waals surface area contributed by atoms with Crippen LogP contribution in [0.15, 0.2) is 24.3 Å². The maximum absolute atomic E-state index is 12.1. The van der Waals surface area contributed by atoms with Gasteiger partial charge in [-0.2, -0.15) is 0 Å². The van der Waals surface area contributed by atoms with Crippen LogP contribution in [-0.2, 0) is 17.6 Å². The van der Waals surface area contributed by atoms with Gasteiger partial charge in [-0.25, -0.2) is 0 Å². The van der Waals surface area contributed by atoms with Crippen LogP contribution in [0.4, 0.5) is 0 Å². The second-order valence-corrected chi connectivity index (χ2v) is 5.84. The largest absolute Gasteiger partial charge is 0.504 e. The minimum atomic E-state index is -0.151. The van der Waals surface area contributed by atoms with Crippen molar-refractivity contribution in [1.29, 1.82) is 0 Å². The van der Waals surface area contributed by atoms with Crippen LogP contribution in [0, 0.1) is 0 Å². The van der Waals surface area contributed by atoms with Crippen molar-refractivity contribution in [2.45, 2.75) is 18.9 Å². The lowest BCUT2D eigenvalue weighted by Crippen LogP contribution is -2.38. The van der Waals surface area contributed by atoms with Gasteiger partial charge in [0, 0.05) is 11.1 Å². The van der Waals surface area contributed by atoms with Crippen molar-refractivity contribution in [3.8, 4) is 28.4 Å². The molecule has 118 valence electrons. The lowest BCUT2D eigenvalue weighted by Gasteiger charge is -2.35. The number of benzene rings is 2. The van der Waals surface area contributed by atoms with Crippen LogP contribution in [0.5, 0.6) is 17.2 Å². The Bertz CT molecular complexity index is 828. The van der Waals surface area contributed by atoms with Gasteiger partial charge in [-0.05, 0) is 23.1 Å². The molecule has 5 nitrogen and oxygen atoms in total. The molecule has 2 aromatic carbocycles. The van der Waals surface area contributed by atoms with E-state index in [0.717, 1.165) is 22.3 Å². The molecule has 0 unspecified atom stereocenters. The van der Waals surface area contributed by atoms with Crippen molar-refractivity contribution in [2.24, 2.45) is 0 Å². The van der Waals surface area contributed by atoms with Gasteiger partial charge in [0.15, 0.2) is 11.5 Å². The SMILES string of the molecule is COc1c(O)c2c3c(c1OC)-c1ccccc1C[C@H]3NC(=O)C2. The van der Waals surface area contributed by atoms with Gasteiger partial charge in [0.2, 0.25) is 11.7 Å². The molecular formula is C18H17NO4. The zero-order valence-electron chi connectivity index (χ0n) is 13.0. The summed E-state index contributed by atoms with van der Waals surface area (Å²) in [7, 11) is 3.06. The molecule has 0 saturated heterocycles. The van der Waals surface area contributed by atoms with Crippen LogP contribution in [-0.4, -0.2) is 25.2 Å². The fraction of sp³-hybridized carbons (Fsp3) is 0.278. The molecule has 0 radical (unpaired) electrons. The fourth-order valence-corrected chi connectivity index (χ4v) is 3.77. The van der Waals surface area contributed by atoms with Crippen LogP contribution in [0.25, 0.3) is 11.1 Å². The number of phenolic OH excluding ortho intramolecular Hbond substituents is 1. The highest BCUT2D eigenvalue weighted by Crippen LogP contribution is 2.54. The lowest BCUT2D eigenvalue weighted by atomic mass is 9.77. The zero-order chi connectivity index (χ0) is 16.1. The lowest BCUT2D eigenvalue weighted by molar-refractivity contribution is -0.121. The van der Waals surface area contributed by atoms with E-state index in [1.807, 2.05) is 18.2 Å². The second-order valence-electron chi connectivity index (χ2n) is 5.84. The molecule has 2 N–H and O–H groups in total. The highest BCUT2D eigenvalue weighted by molar-refractivity contribution is 5.91. The number of nitrogens with one attached hydrogen (secondary N) is 1. The first-order valence-corrected chi connectivity index (χ1v) is 7.53. The van der Waals surface area contributed by atoms with Gasteiger partial charge in [-0.15, -0.1) is 0 Å². The van der Waals surface area contributed by atoms with Gasteiger partial charge >= 0.3 is 0 Å². The molecule has 2 aliphatic rings. The maximum Gasteiger partial charge on any atom is 0.225 e. The van der Waals surface area contributed by atoms with Crippen molar-refractivity contribution >= 4 is 5.91 Å². The van der Waals surface area contributed by atoms with E-state index < -0.39 is 0 Å². The first kappa shape index (κ1) is 13.9. The van der Waals surface area contributed by atoms with Crippen LogP contribution >= 0.6 is 0 Å². The third-order valence-electron chi connectivity index (χ3n) is 4.67. The summed E-state index contributed by atoms with van der Waals surface area (Å²) in [6.45, 7) is 0. The van der Waals surface area contributed by atoms with Gasteiger partial charge in [-0.3, -0.25) is 4.79 Å². The number of hydrogen-bond donors (Lipinski definition) is 2. The van der Waals surface area contributed by atoms with Gasteiger partial charge in [-0.1, -0.05) is 24.3 Å². The number of rotatable bonds is 2. The minimum absolute atomic E-state index is 0.00216. The van der Waals surface area contributed by atoms with Gasteiger partial charge in [0.05, 0.1) is 26.7 Å². The monoisotopic (exact) mass is 311 g/mol. The molecule has 2 aromatic rings. The zero-order valence-corrected chi connectivity index (χ0v) is 13.0. The van der Waals surface area contributed by atoms with Crippen LogP contribution in [0.3, 0.4) is 0 Å². The van der Waals surface area contributed by atoms with Crippen molar-refractivity contribution in [1.82, 2.24) is 5.32 Å². The molecule has 0 fully saturated rings. The van der Waals surface area contributed by atoms with Crippen LogP contribution in [0.2, 0.25) is 0 Å². The number of methoxy groups -OCH3 is 2.